The molecule has 1 fully saturated rings. The number of aromatic nitrogens is 3. The summed E-state index contributed by atoms with van der Waals surface area (Å²) in [7, 11) is 0. The van der Waals surface area contributed by atoms with E-state index in [1.165, 1.54) is 18.5 Å². The summed E-state index contributed by atoms with van der Waals surface area (Å²) in [5, 5.41) is 8.75. The van der Waals surface area contributed by atoms with Gasteiger partial charge in [0.2, 0.25) is 0 Å². The van der Waals surface area contributed by atoms with E-state index in [-0.39, 0.29) is 17.4 Å². The van der Waals surface area contributed by atoms with Crippen molar-refractivity contribution < 1.29 is 18.0 Å². The van der Waals surface area contributed by atoms with Gasteiger partial charge in [-0.05, 0) is 31.0 Å². The fourth-order valence-corrected chi connectivity index (χ4v) is 1.95. The Labute approximate surface area is 123 Å². The lowest BCUT2D eigenvalue weighted by Gasteiger charge is -2.15. The van der Waals surface area contributed by atoms with Crippen LogP contribution in [0.25, 0.3) is 5.69 Å². The van der Waals surface area contributed by atoms with E-state index < -0.39 is 17.8 Å². The predicted molar refractivity (Wildman–Crippen MR) is 71.5 cm³/mol. The molecule has 2 aromatic rings. The topological polar surface area (TPSA) is 71.8 Å². The van der Waals surface area contributed by atoms with Crippen molar-refractivity contribution in [1.29, 1.82) is 0 Å². The molecule has 0 aliphatic heterocycles. The number of hydrogen-bond donors (Lipinski definition) is 2. The van der Waals surface area contributed by atoms with Gasteiger partial charge in [-0.1, -0.05) is 0 Å². The van der Waals surface area contributed by atoms with Crippen LogP contribution in [0.1, 0.15) is 18.4 Å². The number of anilines is 1. The molecule has 2 N–H and O–H groups in total. The van der Waals surface area contributed by atoms with E-state index in [4.69, 9.17) is 0 Å². The molecule has 0 radical (unpaired) electrons. The molecular formula is C13H12F3N5O. The molecule has 0 spiro atoms. The number of halogens is 3. The normalized spacial score (nSPS) is 14.7. The first-order chi connectivity index (χ1) is 10.4. The minimum Gasteiger partial charge on any atom is -0.335 e. The van der Waals surface area contributed by atoms with Gasteiger partial charge in [-0.2, -0.15) is 18.3 Å². The number of nitrogens with zero attached hydrogens (tertiary/aromatic N) is 3. The van der Waals surface area contributed by atoms with Crippen LogP contribution < -0.4 is 10.6 Å². The number of carbonyl (C=O) groups excluding carboxylic acids is 1. The molecule has 9 heteroatoms. The van der Waals surface area contributed by atoms with Crippen LogP contribution in [-0.4, -0.2) is 26.8 Å². The van der Waals surface area contributed by atoms with Crippen molar-refractivity contribution in [1.82, 2.24) is 20.1 Å². The number of alkyl halides is 3. The summed E-state index contributed by atoms with van der Waals surface area (Å²) in [5.41, 5.74) is -0.991. The van der Waals surface area contributed by atoms with Crippen LogP contribution >= 0.6 is 0 Å². The van der Waals surface area contributed by atoms with E-state index in [2.05, 4.69) is 20.7 Å². The van der Waals surface area contributed by atoms with Crippen molar-refractivity contribution in [2.45, 2.75) is 25.1 Å². The van der Waals surface area contributed by atoms with Gasteiger partial charge >= 0.3 is 12.2 Å². The molecule has 0 unspecified atom stereocenters. The Morgan fingerprint density at radius 1 is 1.32 bits per heavy atom. The Morgan fingerprint density at radius 3 is 2.68 bits per heavy atom. The first-order valence-corrected chi connectivity index (χ1v) is 6.57. The highest BCUT2D eigenvalue weighted by Gasteiger charge is 2.35. The zero-order valence-electron chi connectivity index (χ0n) is 11.3. The highest BCUT2D eigenvalue weighted by molar-refractivity contribution is 5.90. The first kappa shape index (κ1) is 14.4. The van der Waals surface area contributed by atoms with Crippen molar-refractivity contribution in [2.75, 3.05) is 5.32 Å². The quantitative estimate of drug-likeness (QED) is 0.915. The fraction of sp³-hybridized carbons (Fsp3) is 0.308. The van der Waals surface area contributed by atoms with Crippen molar-refractivity contribution >= 4 is 11.7 Å². The lowest BCUT2D eigenvalue weighted by Crippen LogP contribution is -2.30. The van der Waals surface area contributed by atoms with Gasteiger partial charge in [0.15, 0.2) is 0 Å². The van der Waals surface area contributed by atoms with E-state index >= 15 is 0 Å². The van der Waals surface area contributed by atoms with Gasteiger partial charge in [0.05, 0.1) is 11.3 Å². The Balaban J connectivity index is 1.88. The van der Waals surface area contributed by atoms with Gasteiger partial charge in [-0.15, -0.1) is 0 Å². The predicted octanol–water partition coefficient (Wildman–Crippen LogP) is 2.57. The van der Waals surface area contributed by atoms with Gasteiger partial charge in [-0.3, -0.25) is 0 Å². The molecule has 6 nitrogen and oxygen atoms in total. The standard InChI is InChI=1S/C13H12F3N5O/c14-13(15,16)10-5-9(20-12(22)19-8-1-2-8)3-4-11(10)21-7-17-6-18-21/h3-8H,1-2H2,(H2,19,20,22). The van der Waals surface area contributed by atoms with Crippen LogP contribution in [0.4, 0.5) is 23.7 Å². The minimum absolute atomic E-state index is 0.0642. The van der Waals surface area contributed by atoms with Gasteiger partial charge in [-0.25, -0.2) is 14.5 Å². The Morgan fingerprint density at radius 2 is 2.09 bits per heavy atom. The summed E-state index contributed by atoms with van der Waals surface area (Å²) in [6, 6.07) is 3.12. The summed E-state index contributed by atoms with van der Waals surface area (Å²) in [6.07, 6.45) is -0.461. The molecule has 1 aliphatic rings. The van der Waals surface area contributed by atoms with Crippen LogP contribution in [0.2, 0.25) is 0 Å². The smallest absolute Gasteiger partial charge is 0.335 e. The number of hydrogen-bond acceptors (Lipinski definition) is 3. The number of amides is 2. The molecule has 2 amide bonds. The second-order valence-electron chi connectivity index (χ2n) is 4.94. The highest BCUT2D eigenvalue weighted by Crippen LogP contribution is 2.35. The highest BCUT2D eigenvalue weighted by atomic mass is 19.4. The Bertz CT molecular complexity index is 679. The number of urea groups is 1. The van der Waals surface area contributed by atoms with Crippen molar-refractivity contribution in [3.63, 3.8) is 0 Å². The van der Waals surface area contributed by atoms with E-state index in [0.29, 0.717) is 0 Å². The number of benzene rings is 1. The van der Waals surface area contributed by atoms with E-state index in [0.717, 1.165) is 29.9 Å². The third-order valence-corrected chi connectivity index (χ3v) is 3.14. The summed E-state index contributed by atoms with van der Waals surface area (Å²) in [5.74, 6) is 0. The lowest BCUT2D eigenvalue weighted by molar-refractivity contribution is -0.137. The summed E-state index contributed by atoms with van der Waals surface area (Å²) in [4.78, 5) is 15.2. The minimum atomic E-state index is -4.58. The molecule has 1 saturated carbocycles. The number of nitrogens with one attached hydrogen (secondary N) is 2. The zero-order valence-corrected chi connectivity index (χ0v) is 11.3. The van der Waals surface area contributed by atoms with Gasteiger partial charge < -0.3 is 10.6 Å². The third kappa shape index (κ3) is 3.18. The van der Waals surface area contributed by atoms with Crippen molar-refractivity contribution in [3.8, 4) is 5.69 Å². The maximum atomic E-state index is 13.2. The van der Waals surface area contributed by atoms with Gasteiger partial charge in [0.25, 0.3) is 0 Å². The van der Waals surface area contributed by atoms with Gasteiger partial charge in [0.1, 0.15) is 12.7 Å². The van der Waals surface area contributed by atoms with Crippen molar-refractivity contribution in [2.24, 2.45) is 0 Å². The van der Waals surface area contributed by atoms with Crippen LogP contribution in [0.5, 0.6) is 0 Å². The number of carbonyl (C=O) groups is 1. The fourth-order valence-electron chi connectivity index (χ4n) is 1.95. The zero-order chi connectivity index (χ0) is 15.7. The van der Waals surface area contributed by atoms with Crippen LogP contribution in [0.15, 0.2) is 30.9 Å². The monoisotopic (exact) mass is 311 g/mol. The molecule has 0 saturated heterocycles. The maximum Gasteiger partial charge on any atom is 0.418 e. The molecular weight excluding hydrogens is 299 g/mol. The molecule has 3 rings (SSSR count). The molecule has 1 aromatic carbocycles. The largest absolute Gasteiger partial charge is 0.418 e. The third-order valence-electron chi connectivity index (χ3n) is 3.14. The Kier molecular flexibility index (Phi) is 3.47. The summed E-state index contributed by atoms with van der Waals surface area (Å²) in [6.45, 7) is 0. The second-order valence-corrected chi connectivity index (χ2v) is 4.94. The SMILES string of the molecule is O=C(Nc1ccc(-n2cncn2)c(C(F)(F)F)c1)NC1CC1. The average Bonchev–Trinajstić information content (AvgIpc) is 3.08. The Hall–Kier alpha value is -2.58. The van der Waals surface area contributed by atoms with Crippen molar-refractivity contribution in [3.05, 3.63) is 36.4 Å². The van der Waals surface area contributed by atoms with E-state index in [9.17, 15) is 18.0 Å². The molecule has 22 heavy (non-hydrogen) atoms. The maximum absolute atomic E-state index is 13.2. The molecule has 1 heterocycles. The average molecular weight is 311 g/mol. The summed E-state index contributed by atoms with van der Waals surface area (Å²) >= 11 is 0. The lowest BCUT2D eigenvalue weighted by atomic mass is 10.1. The molecule has 1 aliphatic carbocycles. The van der Waals surface area contributed by atoms with Crippen LogP contribution in [0.3, 0.4) is 0 Å². The second kappa shape index (κ2) is 5.32. The molecule has 116 valence electrons. The van der Waals surface area contributed by atoms with Crippen LogP contribution in [0, 0.1) is 0 Å². The van der Waals surface area contributed by atoms with E-state index in [1.54, 1.807) is 0 Å². The first-order valence-electron chi connectivity index (χ1n) is 6.57. The van der Waals surface area contributed by atoms with Crippen LogP contribution in [-0.2, 0) is 6.18 Å². The molecule has 0 atom stereocenters. The molecule has 1 aromatic heterocycles. The number of rotatable bonds is 3. The van der Waals surface area contributed by atoms with E-state index in [1.807, 2.05) is 0 Å². The summed E-state index contributed by atoms with van der Waals surface area (Å²) < 4.78 is 40.6. The van der Waals surface area contributed by atoms with Gasteiger partial charge in [0, 0.05) is 11.7 Å². The molecule has 0 bridgehead atoms.